The fraction of sp³-hybridized carbons (Fsp3) is 0.593. The highest BCUT2D eigenvalue weighted by Crippen LogP contribution is 2.47. The number of allylic oxidation sites excluding steroid dienone is 1. The summed E-state index contributed by atoms with van der Waals surface area (Å²) in [5, 5.41) is 13.4. The Morgan fingerprint density at radius 3 is 2.44 bits per heavy atom. The fourth-order valence-electron chi connectivity index (χ4n) is 5.59. The zero-order valence-corrected chi connectivity index (χ0v) is 20.6. The summed E-state index contributed by atoms with van der Waals surface area (Å²) in [6, 6.07) is 7.70. The molecule has 3 rings (SSSR count). The van der Waals surface area contributed by atoms with Gasteiger partial charge in [0, 0.05) is 12.0 Å². The summed E-state index contributed by atoms with van der Waals surface area (Å²) in [7, 11) is 0. The van der Waals surface area contributed by atoms with Crippen LogP contribution in [0.3, 0.4) is 0 Å². The number of aliphatic hydroxyl groups excluding tert-OH is 1. The third-order valence-corrected chi connectivity index (χ3v) is 7.15. The van der Waals surface area contributed by atoms with Crippen LogP contribution >= 0.6 is 0 Å². The van der Waals surface area contributed by atoms with E-state index in [9.17, 15) is 19.5 Å². The van der Waals surface area contributed by atoms with Crippen molar-refractivity contribution in [2.75, 3.05) is 13.2 Å². The van der Waals surface area contributed by atoms with Gasteiger partial charge in [0.25, 0.3) is 0 Å². The van der Waals surface area contributed by atoms with Crippen molar-refractivity contribution < 1.29 is 24.2 Å². The molecule has 0 radical (unpaired) electrons. The van der Waals surface area contributed by atoms with Crippen LogP contribution < -0.4 is 5.32 Å². The SMILES string of the molecule is CCCC(C)NC(=O)[C@@H]1[C@H]2C=C[C@@H](CC)[C@@H](C(=O)OCC)[C@H]2C(=O)N1[C@H](CO)c1ccccc1. The minimum atomic E-state index is -0.819. The van der Waals surface area contributed by atoms with Gasteiger partial charge in [-0.05, 0) is 38.2 Å². The predicted octanol–water partition coefficient (Wildman–Crippen LogP) is 3.24. The molecule has 1 aromatic rings. The Bertz CT molecular complexity index is 886. The smallest absolute Gasteiger partial charge is 0.310 e. The summed E-state index contributed by atoms with van der Waals surface area (Å²) in [6.07, 6.45) is 6.32. The van der Waals surface area contributed by atoms with Crippen molar-refractivity contribution in [1.82, 2.24) is 10.2 Å². The van der Waals surface area contributed by atoms with E-state index in [-0.39, 0.29) is 37.0 Å². The van der Waals surface area contributed by atoms with Gasteiger partial charge in [0.15, 0.2) is 0 Å². The topological polar surface area (TPSA) is 95.9 Å². The van der Waals surface area contributed by atoms with Crippen molar-refractivity contribution in [3.8, 4) is 0 Å². The van der Waals surface area contributed by atoms with Crippen molar-refractivity contribution in [1.29, 1.82) is 0 Å². The molecule has 34 heavy (non-hydrogen) atoms. The number of nitrogens with zero attached hydrogens (tertiary/aromatic N) is 1. The second kappa shape index (κ2) is 11.6. The lowest BCUT2D eigenvalue weighted by Crippen LogP contribution is -2.51. The minimum Gasteiger partial charge on any atom is -0.466 e. The molecule has 0 saturated carbocycles. The van der Waals surface area contributed by atoms with Crippen LogP contribution in [0.1, 0.15) is 58.6 Å². The van der Waals surface area contributed by atoms with Crippen LogP contribution in [0, 0.1) is 23.7 Å². The van der Waals surface area contributed by atoms with Gasteiger partial charge in [-0.25, -0.2) is 0 Å². The molecule has 2 aliphatic rings. The summed E-state index contributed by atoms with van der Waals surface area (Å²) >= 11 is 0. The zero-order chi connectivity index (χ0) is 24.8. The summed E-state index contributed by atoms with van der Waals surface area (Å²) in [5.74, 6) is -2.91. The average Bonchev–Trinajstić information content (AvgIpc) is 3.12. The van der Waals surface area contributed by atoms with Gasteiger partial charge in [0.1, 0.15) is 6.04 Å². The number of hydrogen-bond donors (Lipinski definition) is 2. The Balaban J connectivity index is 2.07. The number of carbonyl (C=O) groups excluding carboxylic acids is 3. The molecule has 0 spiro atoms. The second-order valence-corrected chi connectivity index (χ2v) is 9.34. The molecule has 1 heterocycles. The number of amides is 2. The van der Waals surface area contributed by atoms with Gasteiger partial charge < -0.3 is 20.1 Å². The van der Waals surface area contributed by atoms with E-state index >= 15 is 0 Å². The third kappa shape index (κ3) is 5.04. The number of carbonyl (C=O) groups is 3. The van der Waals surface area contributed by atoms with Crippen molar-refractivity contribution in [2.45, 2.75) is 65.1 Å². The summed E-state index contributed by atoms with van der Waals surface area (Å²) < 4.78 is 5.38. The summed E-state index contributed by atoms with van der Waals surface area (Å²) in [6.45, 7) is 7.64. The molecular weight excluding hydrogens is 432 g/mol. The van der Waals surface area contributed by atoms with E-state index in [2.05, 4.69) is 12.2 Å². The van der Waals surface area contributed by atoms with Gasteiger partial charge in [0.2, 0.25) is 11.8 Å². The quantitative estimate of drug-likeness (QED) is 0.404. The first-order chi connectivity index (χ1) is 16.4. The molecule has 1 aliphatic heterocycles. The number of ether oxygens (including phenoxy) is 1. The van der Waals surface area contributed by atoms with Crippen molar-refractivity contribution in [3.05, 3.63) is 48.0 Å². The summed E-state index contributed by atoms with van der Waals surface area (Å²) in [5.41, 5.74) is 0.750. The van der Waals surface area contributed by atoms with Crippen LogP contribution in [-0.2, 0) is 19.1 Å². The molecule has 1 aromatic carbocycles. The lowest BCUT2D eigenvalue weighted by atomic mass is 9.69. The lowest BCUT2D eigenvalue weighted by molar-refractivity contribution is -0.156. The van der Waals surface area contributed by atoms with Gasteiger partial charge in [-0.15, -0.1) is 0 Å². The van der Waals surface area contributed by atoms with E-state index in [4.69, 9.17) is 4.74 Å². The minimum absolute atomic E-state index is 0.0467. The van der Waals surface area contributed by atoms with Gasteiger partial charge in [0.05, 0.1) is 31.1 Å². The van der Waals surface area contributed by atoms with Crippen molar-refractivity contribution in [2.24, 2.45) is 23.7 Å². The van der Waals surface area contributed by atoms with Crippen LogP contribution in [0.2, 0.25) is 0 Å². The van der Waals surface area contributed by atoms with E-state index in [1.54, 1.807) is 6.92 Å². The maximum absolute atomic E-state index is 14.0. The molecular formula is C27H38N2O5. The Morgan fingerprint density at radius 2 is 1.85 bits per heavy atom. The van der Waals surface area contributed by atoms with Gasteiger partial charge in [-0.3, -0.25) is 14.4 Å². The molecule has 1 unspecified atom stereocenters. The number of likely N-dealkylation sites (tertiary alicyclic amines) is 1. The molecule has 1 saturated heterocycles. The Morgan fingerprint density at radius 1 is 1.15 bits per heavy atom. The molecule has 2 N–H and O–H groups in total. The molecule has 186 valence electrons. The number of aliphatic hydroxyl groups is 1. The Hall–Kier alpha value is -2.67. The van der Waals surface area contributed by atoms with Crippen LogP contribution in [0.4, 0.5) is 0 Å². The highest BCUT2D eigenvalue weighted by molar-refractivity contribution is 5.96. The first-order valence-corrected chi connectivity index (χ1v) is 12.5. The zero-order valence-electron chi connectivity index (χ0n) is 20.6. The highest BCUT2D eigenvalue weighted by atomic mass is 16.5. The van der Waals surface area contributed by atoms with E-state index in [0.717, 1.165) is 18.4 Å². The number of esters is 1. The second-order valence-electron chi connectivity index (χ2n) is 9.34. The van der Waals surface area contributed by atoms with E-state index in [1.165, 1.54) is 4.90 Å². The Kier molecular flexibility index (Phi) is 8.89. The first kappa shape index (κ1) is 25.9. The number of nitrogens with one attached hydrogen (secondary N) is 1. The van der Waals surface area contributed by atoms with Gasteiger partial charge in [-0.1, -0.05) is 62.8 Å². The molecule has 7 nitrogen and oxygen atoms in total. The van der Waals surface area contributed by atoms with Crippen LogP contribution in [0.15, 0.2) is 42.5 Å². The molecule has 1 fully saturated rings. The fourth-order valence-corrected chi connectivity index (χ4v) is 5.59. The average molecular weight is 471 g/mol. The van der Waals surface area contributed by atoms with Gasteiger partial charge >= 0.3 is 5.97 Å². The molecule has 7 atom stereocenters. The first-order valence-electron chi connectivity index (χ1n) is 12.5. The Labute approximate surface area is 202 Å². The predicted molar refractivity (Wildman–Crippen MR) is 129 cm³/mol. The van der Waals surface area contributed by atoms with Crippen LogP contribution in [-0.4, -0.2) is 53.1 Å². The number of fused-ring (bicyclic) bond motifs is 1. The summed E-state index contributed by atoms with van der Waals surface area (Å²) in [4.78, 5) is 42.2. The maximum atomic E-state index is 14.0. The highest BCUT2D eigenvalue weighted by Gasteiger charge is 2.59. The third-order valence-electron chi connectivity index (χ3n) is 7.15. The van der Waals surface area contributed by atoms with Crippen LogP contribution in [0.25, 0.3) is 0 Å². The molecule has 0 aromatic heterocycles. The molecule has 1 aliphatic carbocycles. The number of hydrogen-bond acceptors (Lipinski definition) is 5. The lowest BCUT2D eigenvalue weighted by Gasteiger charge is -2.34. The standard InChI is InChI=1S/C27H38N2O5/c1-5-11-17(4)28-25(31)24-20-15-14-18(6-2)22(27(33)34-7-3)23(20)26(32)29(24)21(16-30)19-12-9-8-10-13-19/h8-10,12-15,17-18,20-24,30H,5-7,11,16H2,1-4H3,(H,28,31)/t17?,18-,20+,21-,22-,23+,24+/m1/s1. The van der Waals surface area contributed by atoms with Crippen molar-refractivity contribution >= 4 is 17.8 Å². The normalized spacial score (nSPS) is 27.7. The van der Waals surface area contributed by atoms with Crippen molar-refractivity contribution in [3.63, 3.8) is 0 Å². The van der Waals surface area contributed by atoms with E-state index < -0.39 is 35.8 Å². The largest absolute Gasteiger partial charge is 0.466 e. The molecule has 2 amide bonds. The molecule has 7 heteroatoms. The van der Waals surface area contributed by atoms with Crippen LogP contribution in [0.5, 0.6) is 0 Å². The maximum Gasteiger partial charge on any atom is 0.310 e. The van der Waals surface area contributed by atoms with E-state index in [0.29, 0.717) is 6.42 Å². The molecule has 0 bridgehead atoms. The number of rotatable bonds is 10. The monoisotopic (exact) mass is 470 g/mol. The number of benzene rings is 1. The van der Waals surface area contributed by atoms with Gasteiger partial charge in [-0.2, -0.15) is 0 Å². The van der Waals surface area contributed by atoms with E-state index in [1.807, 2.05) is 56.3 Å².